The minimum atomic E-state index is -0.501. The zero-order chi connectivity index (χ0) is 22.4. The molecule has 8 nitrogen and oxygen atoms in total. The highest BCUT2D eigenvalue weighted by Crippen LogP contribution is 2.27. The van der Waals surface area contributed by atoms with Crippen molar-refractivity contribution in [3.8, 4) is 0 Å². The summed E-state index contributed by atoms with van der Waals surface area (Å²) in [5, 5.41) is 0.705. The van der Waals surface area contributed by atoms with Crippen LogP contribution < -0.4 is 0 Å². The summed E-state index contributed by atoms with van der Waals surface area (Å²) >= 11 is 1.34. The number of aryl methyl sites for hydroxylation is 1. The van der Waals surface area contributed by atoms with E-state index in [9.17, 15) is 14.4 Å². The quantitative estimate of drug-likeness (QED) is 0.453. The summed E-state index contributed by atoms with van der Waals surface area (Å²) < 4.78 is 12.2. The van der Waals surface area contributed by atoms with Crippen LogP contribution in [-0.2, 0) is 25.6 Å². The van der Waals surface area contributed by atoms with Crippen LogP contribution in [0, 0.1) is 0 Å². The first-order valence-corrected chi connectivity index (χ1v) is 11.7. The normalized spacial score (nSPS) is 16.4. The monoisotopic (exact) mass is 447 g/mol. The maximum atomic E-state index is 12.9. The van der Waals surface area contributed by atoms with E-state index in [4.69, 9.17) is 9.47 Å². The van der Waals surface area contributed by atoms with Crippen molar-refractivity contribution in [2.24, 2.45) is 0 Å². The molecule has 1 saturated heterocycles. The minimum absolute atomic E-state index is 0.0929. The van der Waals surface area contributed by atoms with Crippen LogP contribution in [0.2, 0.25) is 0 Å². The van der Waals surface area contributed by atoms with E-state index in [2.05, 4.69) is 4.98 Å². The van der Waals surface area contributed by atoms with Crippen LogP contribution in [0.25, 0.3) is 11.0 Å². The first-order chi connectivity index (χ1) is 15.0. The number of benzene rings is 1. The van der Waals surface area contributed by atoms with Crippen molar-refractivity contribution in [3.63, 3.8) is 0 Å². The molecule has 1 aromatic carbocycles. The molecule has 1 aliphatic rings. The molecule has 0 N–H and O–H groups in total. The van der Waals surface area contributed by atoms with Crippen molar-refractivity contribution in [1.82, 2.24) is 14.5 Å². The summed E-state index contributed by atoms with van der Waals surface area (Å²) in [5.41, 5.74) is 2.03. The number of amides is 1. The van der Waals surface area contributed by atoms with Gasteiger partial charge in [0.05, 0.1) is 35.6 Å². The van der Waals surface area contributed by atoms with E-state index in [1.54, 1.807) is 30.9 Å². The van der Waals surface area contributed by atoms with Crippen LogP contribution in [0.3, 0.4) is 0 Å². The average Bonchev–Trinajstić information content (AvgIpc) is 3.14. The maximum absolute atomic E-state index is 12.9. The van der Waals surface area contributed by atoms with Gasteiger partial charge in [0.1, 0.15) is 6.04 Å². The molecule has 0 spiro atoms. The molecule has 1 aromatic heterocycles. The molecule has 1 fully saturated rings. The third kappa shape index (κ3) is 5.20. The molecule has 1 aliphatic heterocycles. The van der Waals surface area contributed by atoms with Crippen LogP contribution in [-0.4, -0.2) is 63.8 Å². The zero-order valence-corrected chi connectivity index (χ0v) is 19.1. The number of likely N-dealkylation sites (tertiary alicyclic amines) is 1. The minimum Gasteiger partial charge on any atom is -0.464 e. The zero-order valence-electron chi connectivity index (χ0n) is 18.3. The van der Waals surface area contributed by atoms with Gasteiger partial charge < -0.3 is 18.9 Å². The second kappa shape index (κ2) is 10.7. The van der Waals surface area contributed by atoms with Crippen LogP contribution in [0.4, 0.5) is 0 Å². The molecule has 0 bridgehead atoms. The van der Waals surface area contributed by atoms with E-state index in [1.165, 1.54) is 11.8 Å². The number of aromatic nitrogens is 2. The molecule has 2 heterocycles. The maximum Gasteiger partial charge on any atom is 0.338 e. The SMILES string of the molecule is CCOC(=O)c1ccc2c(c1)nc(SCC(=O)N1CCCC[C@@H]1C(=O)OCC)n2CC. The Bertz CT molecular complexity index is 958. The van der Waals surface area contributed by atoms with Gasteiger partial charge in [0.2, 0.25) is 5.91 Å². The van der Waals surface area contributed by atoms with Crippen LogP contribution in [0.5, 0.6) is 0 Å². The number of hydrogen-bond acceptors (Lipinski definition) is 7. The molecule has 168 valence electrons. The van der Waals surface area contributed by atoms with Gasteiger partial charge in [0, 0.05) is 13.1 Å². The molecule has 1 atom stereocenters. The molecule has 0 saturated carbocycles. The van der Waals surface area contributed by atoms with Crippen molar-refractivity contribution >= 4 is 40.6 Å². The second-order valence-electron chi connectivity index (χ2n) is 7.20. The highest BCUT2D eigenvalue weighted by atomic mass is 32.2. The summed E-state index contributed by atoms with van der Waals surface area (Å²) in [5.74, 6) is -0.614. The number of carbonyl (C=O) groups is 3. The fourth-order valence-corrected chi connectivity index (χ4v) is 4.75. The number of esters is 2. The largest absolute Gasteiger partial charge is 0.464 e. The number of thioether (sulfide) groups is 1. The first kappa shape index (κ1) is 23.1. The highest BCUT2D eigenvalue weighted by Gasteiger charge is 2.33. The Morgan fingerprint density at radius 2 is 1.90 bits per heavy atom. The Morgan fingerprint density at radius 1 is 1.13 bits per heavy atom. The van der Waals surface area contributed by atoms with Gasteiger partial charge in [-0.05, 0) is 58.2 Å². The van der Waals surface area contributed by atoms with E-state index in [0.717, 1.165) is 18.4 Å². The number of carbonyl (C=O) groups excluding carboxylic acids is 3. The molecular weight excluding hydrogens is 418 g/mol. The Hall–Kier alpha value is -2.55. The fraction of sp³-hybridized carbons (Fsp3) is 0.545. The predicted octanol–water partition coefficient (Wildman–Crippen LogP) is 3.27. The van der Waals surface area contributed by atoms with Gasteiger partial charge in [-0.15, -0.1) is 0 Å². The van der Waals surface area contributed by atoms with E-state index >= 15 is 0 Å². The highest BCUT2D eigenvalue weighted by molar-refractivity contribution is 7.99. The predicted molar refractivity (Wildman–Crippen MR) is 118 cm³/mol. The van der Waals surface area contributed by atoms with Crippen molar-refractivity contribution in [3.05, 3.63) is 23.8 Å². The Kier molecular flexibility index (Phi) is 7.95. The van der Waals surface area contributed by atoms with Gasteiger partial charge in [-0.1, -0.05) is 11.8 Å². The van der Waals surface area contributed by atoms with Gasteiger partial charge in [-0.25, -0.2) is 14.6 Å². The summed E-state index contributed by atoms with van der Waals surface area (Å²) in [4.78, 5) is 43.5. The number of nitrogens with zero attached hydrogens (tertiary/aromatic N) is 3. The molecule has 9 heteroatoms. The van der Waals surface area contributed by atoms with Crippen molar-refractivity contribution in [2.45, 2.75) is 57.8 Å². The Balaban J connectivity index is 1.75. The van der Waals surface area contributed by atoms with E-state index < -0.39 is 6.04 Å². The Labute approximate surface area is 186 Å². The number of imidazole rings is 1. The smallest absolute Gasteiger partial charge is 0.338 e. The Morgan fingerprint density at radius 3 is 2.61 bits per heavy atom. The van der Waals surface area contributed by atoms with Crippen LogP contribution >= 0.6 is 11.8 Å². The number of ether oxygens (including phenoxy) is 2. The lowest BCUT2D eigenvalue weighted by molar-refractivity contribution is -0.155. The third-order valence-corrected chi connectivity index (χ3v) is 6.21. The lowest BCUT2D eigenvalue weighted by Crippen LogP contribution is -2.49. The number of fused-ring (bicyclic) bond motifs is 1. The van der Waals surface area contributed by atoms with Crippen LogP contribution in [0.1, 0.15) is 50.4 Å². The standard InChI is InChI=1S/C22H29N3O5S/c1-4-24-17-11-10-15(20(27)29-5-2)13-16(17)23-22(24)31-14-19(26)25-12-8-7-9-18(25)21(28)30-6-3/h10-11,13,18H,4-9,12,14H2,1-3H3/t18-/m1/s1. The topological polar surface area (TPSA) is 90.7 Å². The molecular formula is C22H29N3O5S. The van der Waals surface area contributed by atoms with Crippen LogP contribution in [0.15, 0.2) is 23.4 Å². The molecule has 0 aliphatic carbocycles. The van der Waals surface area contributed by atoms with Gasteiger partial charge in [-0.2, -0.15) is 0 Å². The average molecular weight is 448 g/mol. The van der Waals surface area contributed by atoms with Crippen molar-refractivity contribution < 1.29 is 23.9 Å². The number of rotatable bonds is 8. The van der Waals surface area contributed by atoms with Crippen molar-refractivity contribution in [1.29, 1.82) is 0 Å². The first-order valence-electron chi connectivity index (χ1n) is 10.8. The molecule has 31 heavy (non-hydrogen) atoms. The van der Waals surface area contributed by atoms with Crippen molar-refractivity contribution in [2.75, 3.05) is 25.5 Å². The molecule has 3 rings (SSSR count). The molecule has 1 amide bonds. The summed E-state index contributed by atoms with van der Waals surface area (Å²) in [6, 6.07) is 4.79. The molecule has 0 radical (unpaired) electrons. The summed E-state index contributed by atoms with van der Waals surface area (Å²) in [7, 11) is 0. The van der Waals surface area contributed by atoms with E-state index in [0.29, 0.717) is 49.0 Å². The molecule has 0 unspecified atom stereocenters. The number of hydrogen-bond donors (Lipinski definition) is 0. The summed E-state index contributed by atoms with van der Waals surface area (Å²) in [6.07, 6.45) is 2.44. The fourth-order valence-electron chi connectivity index (χ4n) is 3.79. The molecule has 2 aromatic rings. The lowest BCUT2D eigenvalue weighted by atomic mass is 10.0. The number of piperidine rings is 1. The lowest BCUT2D eigenvalue weighted by Gasteiger charge is -2.33. The summed E-state index contributed by atoms with van der Waals surface area (Å²) in [6.45, 7) is 7.41. The van der Waals surface area contributed by atoms with Gasteiger partial charge in [0.25, 0.3) is 0 Å². The second-order valence-corrected chi connectivity index (χ2v) is 8.14. The third-order valence-electron chi connectivity index (χ3n) is 5.25. The van der Waals surface area contributed by atoms with E-state index in [1.807, 2.05) is 17.6 Å². The van der Waals surface area contributed by atoms with Gasteiger partial charge >= 0.3 is 11.9 Å². The van der Waals surface area contributed by atoms with Gasteiger partial charge in [0.15, 0.2) is 5.16 Å². The van der Waals surface area contributed by atoms with Gasteiger partial charge in [-0.3, -0.25) is 4.79 Å². The van der Waals surface area contributed by atoms with E-state index in [-0.39, 0.29) is 23.6 Å².